The molecule has 0 aromatic rings. The lowest BCUT2D eigenvalue weighted by Gasteiger charge is -2.43. The summed E-state index contributed by atoms with van der Waals surface area (Å²) in [5, 5.41) is 9.48. The van der Waals surface area contributed by atoms with Gasteiger partial charge >= 0.3 is 0 Å². The van der Waals surface area contributed by atoms with Gasteiger partial charge in [0.25, 0.3) is 0 Å². The summed E-state index contributed by atoms with van der Waals surface area (Å²) >= 11 is 0. The van der Waals surface area contributed by atoms with Crippen LogP contribution in [0.3, 0.4) is 0 Å². The number of likely N-dealkylation sites (tertiary alicyclic amines) is 1. The van der Waals surface area contributed by atoms with Gasteiger partial charge in [-0.05, 0) is 50.5 Å². The first-order chi connectivity index (χ1) is 9.67. The van der Waals surface area contributed by atoms with E-state index in [0.717, 1.165) is 32.2 Å². The van der Waals surface area contributed by atoms with Crippen molar-refractivity contribution in [2.24, 2.45) is 28.4 Å². The van der Waals surface area contributed by atoms with E-state index in [0.29, 0.717) is 12.5 Å². The molecule has 2 fully saturated rings. The maximum absolute atomic E-state index is 11.7. The average Bonchev–Trinajstić information content (AvgIpc) is 2.81. The first-order valence-electron chi connectivity index (χ1n) is 8.11. The van der Waals surface area contributed by atoms with E-state index in [1.807, 2.05) is 6.92 Å². The Morgan fingerprint density at radius 2 is 2.05 bits per heavy atom. The number of amides is 1. The zero-order chi connectivity index (χ0) is 15.8. The molecule has 1 amide bonds. The molecule has 1 aliphatic heterocycles. The van der Waals surface area contributed by atoms with Gasteiger partial charge in [0.05, 0.1) is 17.4 Å². The predicted octanol–water partition coefficient (Wildman–Crippen LogP) is 2.54. The van der Waals surface area contributed by atoms with Crippen molar-refractivity contribution in [3.63, 3.8) is 0 Å². The molecular formula is C17H29N3O. The Bertz CT molecular complexity index is 448. The van der Waals surface area contributed by atoms with E-state index < -0.39 is 5.41 Å². The summed E-state index contributed by atoms with van der Waals surface area (Å²) in [6.45, 7) is 10.4. The second kappa shape index (κ2) is 5.61. The second-order valence-corrected chi connectivity index (χ2v) is 8.32. The van der Waals surface area contributed by atoms with E-state index in [2.05, 4.69) is 31.7 Å². The van der Waals surface area contributed by atoms with E-state index in [4.69, 9.17) is 5.73 Å². The molecule has 0 radical (unpaired) electrons. The third kappa shape index (κ3) is 3.23. The number of carbonyl (C=O) groups excluding carboxylic acids is 1. The van der Waals surface area contributed by atoms with Crippen LogP contribution in [0.1, 0.15) is 53.4 Å². The molecule has 4 atom stereocenters. The zero-order valence-corrected chi connectivity index (χ0v) is 13.9. The van der Waals surface area contributed by atoms with Crippen molar-refractivity contribution in [2.75, 3.05) is 13.1 Å². The van der Waals surface area contributed by atoms with Gasteiger partial charge < -0.3 is 5.73 Å². The van der Waals surface area contributed by atoms with Crippen LogP contribution in [-0.4, -0.2) is 29.9 Å². The molecule has 4 heteroatoms. The second-order valence-electron chi connectivity index (χ2n) is 8.32. The summed E-state index contributed by atoms with van der Waals surface area (Å²) < 4.78 is 0. The standard InChI is InChI=1S/C17H29N3O/c1-16(2,3)13-6-5-12(10-18)14(9-13)20-8-7-17(4,11-20)15(19)21/h12-14H,5-9,11H2,1-4H3,(H2,19,21). The highest BCUT2D eigenvalue weighted by Gasteiger charge is 2.45. The van der Waals surface area contributed by atoms with Gasteiger partial charge in [-0.1, -0.05) is 20.8 Å². The van der Waals surface area contributed by atoms with Crippen LogP contribution in [0, 0.1) is 34.0 Å². The number of nitrogens with two attached hydrogens (primary N) is 1. The first-order valence-corrected chi connectivity index (χ1v) is 8.11. The van der Waals surface area contributed by atoms with Gasteiger partial charge in [-0.15, -0.1) is 0 Å². The van der Waals surface area contributed by atoms with Crippen molar-refractivity contribution >= 4 is 5.91 Å². The zero-order valence-electron chi connectivity index (χ0n) is 13.9. The lowest BCUT2D eigenvalue weighted by molar-refractivity contribution is -0.126. The highest BCUT2D eigenvalue weighted by Crippen LogP contribution is 2.43. The fourth-order valence-corrected chi connectivity index (χ4v) is 3.97. The molecule has 2 N–H and O–H groups in total. The molecule has 21 heavy (non-hydrogen) atoms. The third-order valence-corrected chi connectivity index (χ3v) is 5.77. The maximum Gasteiger partial charge on any atom is 0.224 e. The summed E-state index contributed by atoms with van der Waals surface area (Å²) in [5.74, 6) is 0.535. The van der Waals surface area contributed by atoms with Crippen molar-refractivity contribution < 1.29 is 4.79 Å². The summed E-state index contributed by atoms with van der Waals surface area (Å²) in [4.78, 5) is 14.0. The Morgan fingerprint density at radius 1 is 1.38 bits per heavy atom. The van der Waals surface area contributed by atoms with Gasteiger partial charge in [0.1, 0.15) is 0 Å². The molecule has 4 unspecified atom stereocenters. The number of hydrogen-bond donors (Lipinski definition) is 1. The number of rotatable bonds is 2. The Hall–Kier alpha value is -1.08. The molecule has 1 heterocycles. The van der Waals surface area contributed by atoms with Crippen molar-refractivity contribution in [2.45, 2.75) is 59.4 Å². The van der Waals surface area contributed by atoms with Crippen LogP contribution in [0.15, 0.2) is 0 Å². The van der Waals surface area contributed by atoms with Gasteiger partial charge in [-0.3, -0.25) is 9.69 Å². The highest BCUT2D eigenvalue weighted by atomic mass is 16.1. The molecule has 1 saturated carbocycles. The fourth-order valence-electron chi connectivity index (χ4n) is 3.97. The molecule has 118 valence electrons. The molecular weight excluding hydrogens is 262 g/mol. The molecule has 2 aliphatic rings. The molecule has 0 aromatic carbocycles. The van der Waals surface area contributed by atoms with E-state index in [-0.39, 0.29) is 23.3 Å². The van der Waals surface area contributed by atoms with E-state index in [1.165, 1.54) is 0 Å². The van der Waals surface area contributed by atoms with Crippen LogP contribution in [0.25, 0.3) is 0 Å². The molecule has 1 saturated heterocycles. The quantitative estimate of drug-likeness (QED) is 0.850. The van der Waals surface area contributed by atoms with Crippen LogP contribution in [0.4, 0.5) is 0 Å². The molecule has 0 aromatic heterocycles. The summed E-state index contributed by atoms with van der Waals surface area (Å²) in [6, 6.07) is 2.79. The number of hydrogen-bond acceptors (Lipinski definition) is 3. The molecule has 2 rings (SSSR count). The van der Waals surface area contributed by atoms with Crippen LogP contribution >= 0.6 is 0 Å². The van der Waals surface area contributed by atoms with Gasteiger partial charge in [-0.2, -0.15) is 5.26 Å². The van der Waals surface area contributed by atoms with E-state index >= 15 is 0 Å². The Balaban J connectivity index is 2.13. The number of nitriles is 1. The lowest BCUT2D eigenvalue weighted by Crippen LogP contribution is -2.47. The topological polar surface area (TPSA) is 70.1 Å². The minimum absolute atomic E-state index is 0.0961. The van der Waals surface area contributed by atoms with Crippen LogP contribution in [0.5, 0.6) is 0 Å². The van der Waals surface area contributed by atoms with Gasteiger partial charge in [0.2, 0.25) is 5.91 Å². The normalized spacial score (nSPS) is 38.1. The van der Waals surface area contributed by atoms with Gasteiger partial charge in [0, 0.05) is 12.6 Å². The smallest absolute Gasteiger partial charge is 0.224 e. The Kier molecular flexibility index (Phi) is 4.35. The number of carbonyl (C=O) groups is 1. The monoisotopic (exact) mass is 291 g/mol. The first kappa shape index (κ1) is 16.3. The highest BCUT2D eigenvalue weighted by molar-refractivity contribution is 5.81. The number of nitrogens with zero attached hydrogens (tertiary/aromatic N) is 2. The summed E-state index contributed by atoms with van der Waals surface area (Å²) in [5.41, 5.74) is 5.42. The van der Waals surface area contributed by atoms with Crippen molar-refractivity contribution in [1.29, 1.82) is 5.26 Å². The van der Waals surface area contributed by atoms with Crippen LogP contribution < -0.4 is 5.73 Å². The third-order valence-electron chi connectivity index (χ3n) is 5.77. The molecule has 4 nitrogen and oxygen atoms in total. The van der Waals surface area contributed by atoms with Crippen molar-refractivity contribution in [1.82, 2.24) is 4.90 Å². The largest absolute Gasteiger partial charge is 0.369 e. The molecule has 0 bridgehead atoms. The molecule has 1 aliphatic carbocycles. The van der Waals surface area contributed by atoms with Gasteiger partial charge in [0.15, 0.2) is 0 Å². The van der Waals surface area contributed by atoms with Crippen LogP contribution in [-0.2, 0) is 4.79 Å². The minimum atomic E-state index is -0.422. The van der Waals surface area contributed by atoms with E-state index in [9.17, 15) is 10.1 Å². The number of primary amides is 1. The van der Waals surface area contributed by atoms with E-state index in [1.54, 1.807) is 0 Å². The Labute approximate surface area is 128 Å². The Morgan fingerprint density at radius 3 is 2.52 bits per heavy atom. The van der Waals surface area contributed by atoms with Crippen molar-refractivity contribution in [3.8, 4) is 6.07 Å². The average molecular weight is 291 g/mol. The summed E-state index contributed by atoms with van der Waals surface area (Å²) in [7, 11) is 0. The minimum Gasteiger partial charge on any atom is -0.369 e. The lowest BCUT2D eigenvalue weighted by atomic mass is 9.68. The predicted molar refractivity (Wildman–Crippen MR) is 83.2 cm³/mol. The van der Waals surface area contributed by atoms with Crippen LogP contribution in [0.2, 0.25) is 0 Å². The summed E-state index contributed by atoms with van der Waals surface area (Å²) in [6.07, 6.45) is 4.00. The SMILES string of the molecule is CC1(C(N)=O)CCN(C2CC(C(C)(C)C)CCC2C#N)C1. The van der Waals surface area contributed by atoms with Crippen molar-refractivity contribution in [3.05, 3.63) is 0 Å². The maximum atomic E-state index is 11.7. The van der Waals surface area contributed by atoms with Gasteiger partial charge in [-0.25, -0.2) is 0 Å². The molecule has 0 spiro atoms. The fraction of sp³-hybridized carbons (Fsp3) is 0.882.